The van der Waals surface area contributed by atoms with Crippen LogP contribution < -0.4 is 10.2 Å². The van der Waals surface area contributed by atoms with Crippen molar-refractivity contribution in [2.24, 2.45) is 5.92 Å². The summed E-state index contributed by atoms with van der Waals surface area (Å²) in [5.41, 5.74) is 1.14. The summed E-state index contributed by atoms with van der Waals surface area (Å²) in [7, 11) is 0. The van der Waals surface area contributed by atoms with Gasteiger partial charge in [-0.05, 0) is 43.9 Å². The number of anilines is 1. The average Bonchev–Trinajstić information content (AvgIpc) is 2.69. The van der Waals surface area contributed by atoms with Crippen LogP contribution >= 0.6 is 0 Å². The third-order valence-corrected chi connectivity index (χ3v) is 5.68. The minimum Gasteiger partial charge on any atom is -0.367 e. The van der Waals surface area contributed by atoms with Crippen molar-refractivity contribution in [1.82, 2.24) is 20.1 Å². The van der Waals surface area contributed by atoms with E-state index >= 15 is 0 Å². The van der Waals surface area contributed by atoms with Crippen molar-refractivity contribution in [3.8, 4) is 0 Å². The van der Waals surface area contributed by atoms with E-state index in [1.54, 1.807) is 6.20 Å². The van der Waals surface area contributed by atoms with Crippen LogP contribution in [0.15, 0.2) is 24.5 Å². The number of aromatic nitrogens is 1. The number of rotatable bonds is 6. The van der Waals surface area contributed by atoms with E-state index < -0.39 is 0 Å². The Hall–Kier alpha value is -1.82. The zero-order valence-corrected chi connectivity index (χ0v) is 16.9. The summed E-state index contributed by atoms with van der Waals surface area (Å²) in [6.07, 6.45) is 8.66. The number of hydrogen-bond donors (Lipinski definition) is 1. The van der Waals surface area contributed by atoms with E-state index in [2.05, 4.69) is 40.0 Å². The summed E-state index contributed by atoms with van der Waals surface area (Å²) >= 11 is 0. The Labute approximate surface area is 163 Å². The Bertz CT molecular complexity index is 571. The van der Waals surface area contributed by atoms with Gasteiger partial charge in [-0.2, -0.15) is 0 Å². The molecule has 3 rings (SSSR count). The summed E-state index contributed by atoms with van der Waals surface area (Å²) in [5.74, 6) is 0.705. The van der Waals surface area contributed by atoms with Gasteiger partial charge >= 0.3 is 6.03 Å². The number of hydrogen-bond acceptors (Lipinski definition) is 4. The molecule has 1 atom stereocenters. The van der Waals surface area contributed by atoms with Crippen LogP contribution in [0.2, 0.25) is 0 Å². The Morgan fingerprint density at radius 2 is 2.04 bits per heavy atom. The highest BCUT2D eigenvalue weighted by Crippen LogP contribution is 2.20. The van der Waals surface area contributed by atoms with Crippen molar-refractivity contribution >= 4 is 11.7 Å². The summed E-state index contributed by atoms with van der Waals surface area (Å²) in [4.78, 5) is 23.6. The third kappa shape index (κ3) is 5.83. The van der Waals surface area contributed by atoms with Crippen LogP contribution in [-0.4, -0.2) is 72.7 Å². The molecular formula is C21H35N5O. The van der Waals surface area contributed by atoms with Crippen molar-refractivity contribution in [3.05, 3.63) is 24.5 Å². The molecule has 3 heterocycles. The number of carbonyl (C=O) groups is 1. The summed E-state index contributed by atoms with van der Waals surface area (Å²) in [6.45, 7) is 11.0. The van der Waals surface area contributed by atoms with Gasteiger partial charge in [-0.3, -0.25) is 4.98 Å². The maximum Gasteiger partial charge on any atom is 0.317 e. The molecule has 0 radical (unpaired) electrons. The third-order valence-electron chi connectivity index (χ3n) is 5.68. The molecule has 2 fully saturated rings. The van der Waals surface area contributed by atoms with E-state index in [4.69, 9.17) is 0 Å². The van der Waals surface area contributed by atoms with Gasteiger partial charge in [-0.1, -0.05) is 20.3 Å². The fourth-order valence-corrected chi connectivity index (χ4v) is 4.26. The number of piperazine rings is 1. The average molecular weight is 374 g/mol. The van der Waals surface area contributed by atoms with Gasteiger partial charge in [0.25, 0.3) is 0 Å². The fourth-order valence-electron chi connectivity index (χ4n) is 4.26. The molecule has 0 saturated carbocycles. The summed E-state index contributed by atoms with van der Waals surface area (Å²) in [6, 6.07) is 4.76. The maximum atomic E-state index is 12.5. The molecule has 2 amide bonds. The lowest BCUT2D eigenvalue weighted by atomic mass is 9.98. The van der Waals surface area contributed by atoms with Crippen molar-refractivity contribution in [1.29, 1.82) is 0 Å². The highest BCUT2D eigenvalue weighted by atomic mass is 16.2. The van der Waals surface area contributed by atoms with Gasteiger partial charge in [0.15, 0.2) is 0 Å². The highest BCUT2D eigenvalue weighted by molar-refractivity contribution is 5.74. The van der Waals surface area contributed by atoms with Gasteiger partial charge in [0.1, 0.15) is 0 Å². The molecule has 0 aliphatic carbocycles. The molecule has 150 valence electrons. The molecular weight excluding hydrogens is 338 g/mol. The predicted molar refractivity (Wildman–Crippen MR) is 110 cm³/mol. The van der Waals surface area contributed by atoms with Crippen LogP contribution in [0.5, 0.6) is 0 Å². The van der Waals surface area contributed by atoms with Crippen LogP contribution in [0.25, 0.3) is 0 Å². The summed E-state index contributed by atoms with van der Waals surface area (Å²) < 4.78 is 0. The molecule has 0 aromatic carbocycles. The Kier molecular flexibility index (Phi) is 7.33. The van der Waals surface area contributed by atoms with Crippen LogP contribution in [0.1, 0.15) is 39.5 Å². The second kappa shape index (κ2) is 9.93. The van der Waals surface area contributed by atoms with E-state index in [0.29, 0.717) is 12.0 Å². The number of likely N-dealkylation sites (tertiary alicyclic amines) is 1. The standard InChI is InChI=1S/C21H35N5O/c1-18(2)17-26-11-4-3-6-19(26)8-10-23-21(27)25-14-12-24(13-15-25)20-7-5-9-22-16-20/h5,7,9,16,18-19H,3-4,6,8,10-15,17H2,1-2H3,(H,23,27)/t19-/m0/s1. The molecule has 0 bridgehead atoms. The zero-order valence-electron chi connectivity index (χ0n) is 16.9. The lowest BCUT2D eigenvalue weighted by molar-refractivity contribution is 0.124. The topological polar surface area (TPSA) is 51.7 Å². The largest absolute Gasteiger partial charge is 0.367 e. The zero-order chi connectivity index (χ0) is 19.1. The number of nitrogens with one attached hydrogen (secondary N) is 1. The van der Waals surface area contributed by atoms with E-state index in [0.717, 1.165) is 44.8 Å². The molecule has 6 nitrogen and oxygen atoms in total. The lowest BCUT2D eigenvalue weighted by Gasteiger charge is -2.37. The monoisotopic (exact) mass is 373 g/mol. The Morgan fingerprint density at radius 3 is 2.74 bits per heavy atom. The van der Waals surface area contributed by atoms with Gasteiger partial charge in [-0.15, -0.1) is 0 Å². The molecule has 0 unspecified atom stereocenters. The second-order valence-electron chi connectivity index (χ2n) is 8.24. The smallest absolute Gasteiger partial charge is 0.317 e. The lowest BCUT2D eigenvalue weighted by Crippen LogP contribution is -2.52. The predicted octanol–water partition coefficient (Wildman–Crippen LogP) is 2.81. The maximum absolute atomic E-state index is 12.5. The highest BCUT2D eigenvalue weighted by Gasteiger charge is 2.24. The van der Waals surface area contributed by atoms with E-state index in [-0.39, 0.29) is 6.03 Å². The van der Waals surface area contributed by atoms with Gasteiger partial charge in [0.2, 0.25) is 0 Å². The van der Waals surface area contributed by atoms with Crippen LogP contribution in [0.4, 0.5) is 10.5 Å². The number of carbonyl (C=O) groups excluding carboxylic acids is 1. The van der Waals surface area contributed by atoms with E-state index in [1.807, 2.05) is 17.2 Å². The van der Waals surface area contributed by atoms with Crippen LogP contribution in [0, 0.1) is 5.92 Å². The molecule has 1 aromatic heterocycles. The number of urea groups is 1. The van der Waals surface area contributed by atoms with Gasteiger partial charge in [-0.25, -0.2) is 4.79 Å². The first-order valence-electron chi connectivity index (χ1n) is 10.6. The Morgan fingerprint density at radius 1 is 1.22 bits per heavy atom. The van der Waals surface area contributed by atoms with Crippen molar-refractivity contribution in [2.45, 2.75) is 45.6 Å². The fraction of sp³-hybridized carbons (Fsp3) is 0.714. The van der Waals surface area contributed by atoms with Crippen molar-refractivity contribution in [3.63, 3.8) is 0 Å². The number of amides is 2. The second-order valence-corrected chi connectivity index (χ2v) is 8.24. The molecule has 6 heteroatoms. The number of nitrogens with zero attached hydrogens (tertiary/aromatic N) is 4. The quantitative estimate of drug-likeness (QED) is 0.833. The molecule has 2 aliphatic heterocycles. The molecule has 1 N–H and O–H groups in total. The van der Waals surface area contributed by atoms with E-state index in [1.165, 1.54) is 32.4 Å². The first-order valence-corrected chi connectivity index (χ1v) is 10.6. The van der Waals surface area contributed by atoms with Crippen molar-refractivity contribution in [2.75, 3.05) is 50.7 Å². The van der Waals surface area contributed by atoms with Crippen LogP contribution in [-0.2, 0) is 0 Å². The molecule has 1 aromatic rings. The molecule has 2 aliphatic rings. The van der Waals surface area contributed by atoms with Crippen LogP contribution in [0.3, 0.4) is 0 Å². The minimum atomic E-state index is 0.0899. The molecule has 0 spiro atoms. The Balaban J connectivity index is 1.38. The normalized spacial score (nSPS) is 21.5. The number of piperidine rings is 1. The SMILES string of the molecule is CC(C)CN1CCCC[C@H]1CCNC(=O)N1CCN(c2cccnc2)CC1. The minimum absolute atomic E-state index is 0.0899. The molecule has 2 saturated heterocycles. The van der Waals surface area contributed by atoms with Gasteiger partial charge < -0.3 is 20.0 Å². The molecule has 27 heavy (non-hydrogen) atoms. The van der Waals surface area contributed by atoms with Gasteiger partial charge in [0.05, 0.1) is 11.9 Å². The number of pyridine rings is 1. The summed E-state index contributed by atoms with van der Waals surface area (Å²) in [5, 5.41) is 3.16. The van der Waals surface area contributed by atoms with E-state index in [9.17, 15) is 4.79 Å². The first-order chi connectivity index (χ1) is 13.1. The van der Waals surface area contributed by atoms with Crippen molar-refractivity contribution < 1.29 is 4.79 Å². The first kappa shape index (κ1) is 19.9. The van der Waals surface area contributed by atoms with Gasteiger partial charge in [0, 0.05) is 51.5 Å².